The molecule has 24 heavy (non-hydrogen) atoms. The van der Waals surface area contributed by atoms with Crippen LogP contribution in [0.1, 0.15) is 22.3 Å². The van der Waals surface area contributed by atoms with E-state index in [1.807, 2.05) is 0 Å². The van der Waals surface area contributed by atoms with Gasteiger partial charge in [0.25, 0.3) is 0 Å². The number of hydrogen-bond donors (Lipinski definition) is 0. The van der Waals surface area contributed by atoms with Crippen molar-refractivity contribution >= 4 is 21.5 Å². The molecule has 0 aliphatic heterocycles. The Morgan fingerprint density at radius 2 is 1.04 bits per heavy atom. The van der Waals surface area contributed by atoms with E-state index in [-0.39, 0.29) is 0 Å². The van der Waals surface area contributed by atoms with E-state index < -0.39 is 0 Å². The molecule has 0 unspecified atom stereocenters. The molecule has 4 aromatic rings. The molecule has 0 aromatic heterocycles. The zero-order valence-corrected chi connectivity index (χ0v) is 14.8. The fourth-order valence-corrected chi connectivity index (χ4v) is 4.03. The minimum Gasteiger partial charge on any atom is -0.0617 e. The van der Waals surface area contributed by atoms with Gasteiger partial charge in [0.05, 0.1) is 0 Å². The van der Waals surface area contributed by atoms with Crippen molar-refractivity contribution in [1.29, 1.82) is 0 Å². The Hall–Kier alpha value is -2.60. The van der Waals surface area contributed by atoms with Gasteiger partial charge in [0.15, 0.2) is 0 Å². The van der Waals surface area contributed by atoms with Crippen LogP contribution in [-0.4, -0.2) is 0 Å². The Bertz CT molecular complexity index is 1060. The third-order valence-electron chi connectivity index (χ3n) is 5.33. The molecular formula is C24H22. The van der Waals surface area contributed by atoms with Gasteiger partial charge in [-0.2, -0.15) is 0 Å². The van der Waals surface area contributed by atoms with E-state index in [2.05, 4.69) is 88.4 Å². The van der Waals surface area contributed by atoms with Crippen molar-refractivity contribution in [2.24, 2.45) is 0 Å². The lowest BCUT2D eigenvalue weighted by Crippen LogP contribution is -1.91. The molecule has 0 aliphatic carbocycles. The van der Waals surface area contributed by atoms with Crippen LogP contribution in [0.25, 0.3) is 32.7 Å². The first-order valence-corrected chi connectivity index (χ1v) is 8.56. The predicted octanol–water partition coefficient (Wildman–Crippen LogP) is 6.89. The quantitative estimate of drug-likeness (QED) is 0.336. The van der Waals surface area contributed by atoms with Crippen LogP contribution in [-0.2, 0) is 0 Å². The van der Waals surface area contributed by atoms with Crippen LogP contribution in [0.4, 0.5) is 0 Å². The van der Waals surface area contributed by atoms with Gasteiger partial charge in [-0.05, 0) is 88.7 Å². The van der Waals surface area contributed by atoms with E-state index in [0.717, 1.165) is 0 Å². The SMILES string of the molecule is Cc1cccc(C)c1-c1ccc2c(C)c3ccccc3c(C)c2c1. The van der Waals surface area contributed by atoms with Gasteiger partial charge in [0.1, 0.15) is 0 Å². The number of aryl methyl sites for hydroxylation is 4. The highest BCUT2D eigenvalue weighted by molar-refractivity contribution is 6.06. The summed E-state index contributed by atoms with van der Waals surface area (Å²) in [5.41, 5.74) is 8.10. The van der Waals surface area contributed by atoms with Crippen molar-refractivity contribution in [1.82, 2.24) is 0 Å². The van der Waals surface area contributed by atoms with E-state index in [1.54, 1.807) is 0 Å². The fraction of sp³-hybridized carbons (Fsp3) is 0.167. The topological polar surface area (TPSA) is 0 Å². The van der Waals surface area contributed by atoms with Gasteiger partial charge >= 0.3 is 0 Å². The van der Waals surface area contributed by atoms with Crippen LogP contribution in [0.15, 0.2) is 60.7 Å². The molecule has 0 saturated carbocycles. The Labute approximate surface area is 143 Å². The first-order chi connectivity index (χ1) is 11.6. The van der Waals surface area contributed by atoms with Crippen LogP contribution in [0.5, 0.6) is 0 Å². The molecule has 4 aromatic carbocycles. The van der Waals surface area contributed by atoms with Crippen LogP contribution in [0.3, 0.4) is 0 Å². The molecule has 0 fully saturated rings. The van der Waals surface area contributed by atoms with Gasteiger partial charge in [0, 0.05) is 0 Å². The monoisotopic (exact) mass is 310 g/mol. The average Bonchev–Trinajstić information content (AvgIpc) is 2.59. The zero-order valence-electron chi connectivity index (χ0n) is 14.8. The second-order valence-corrected chi connectivity index (χ2v) is 6.82. The highest BCUT2D eigenvalue weighted by atomic mass is 14.2. The van der Waals surface area contributed by atoms with E-state index in [9.17, 15) is 0 Å². The summed E-state index contributed by atoms with van der Waals surface area (Å²) in [7, 11) is 0. The lowest BCUT2D eigenvalue weighted by atomic mass is 9.89. The molecule has 0 bridgehead atoms. The molecule has 4 rings (SSSR count). The van der Waals surface area contributed by atoms with Crippen molar-refractivity contribution in [2.75, 3.05) is 0 Å². The lowest BCUT2D eigenvalue weighted by Gasteiger charge is -2.15. The molecule has 0 heterocycles. The summed E-state index contributed by atoms with van der Waals surface area (Å²) in [5.74, 6) is 0. The molecule has 0 spiro atoms. The predicted molar refractivity (Wildman–Crippen MR) is 106 cm³/mol. The summed E-state index contributed by atoms with van der Waals surface area (Å²) in [5, 5.41) is 5.45. The first kappa shape index (κ1) is 15.0. The van der Waals surface area contributed by atoms with Gasteiger partial charge in [-0.1, -0.05) is 54.6 Å². The molecule has 0 atom stereocenters. The van der Waals surface area contributed by atoms with Gasteiger partial charge in [-0.25, -0.2) is 0 Å². The van der Waals surface area contributed by atoms with E-state index in [1.165, 1.54) is 54.9 Å². The summed E-state index contributed by atoms with van der Waals surface area (Å²) in [6, 6.07) is 22.2. The summed E-state index contributed by atoms with van der Waals surface area (Å²) < 4.78 is 0. The highest BCUT2D eigenvalue weighted by Gasteiger charge is 2.11. The number of fused-ring (bicyclic) bond motifs is 2. The van der Waals surface area contributed by atoms with E-state index >= 15 is 0 Å². The molecular weight excluding hydrogens is 288 g/mol. The summed E-state index contributed by atoms with van der Waals surface area (Å²) in [6.45, 7) is 8.89. The molecule has 0 N–H and O–H groups in total. The van der Waals surface area contributed by atoms with Crippen LogP contribution in [0.2, 0.25) is 0 Å². The smallest absolute Gasteiger partial charge is 0.0125 e. The molecule has 0 nitrogen and oxygen atoms in total. The van der Waals surface area contributed by atoms with Crippen LogP contribution < -0.4 is 0 Å². The Kier molecular flexibility index (Phi) is 3.42. The Morgan fingerprint density at radius 3 is 1.67 bits per heavy atom. The van der Waals surface area contributed by atoms with Crippen molar-refractivity contribution in [3.63, 3.8) is 0 Å². The van der Waals surface area contributed by atoms with Gasteiger partial charge in [0.2, 0.25) is 0 Å². The largest absolute Gasteiger partial charge is 0.0617 e. The maximum atomic E-state index is 2.37. The number of hydrogen-bond acceptors (Lipinski definition) is 0. The standard InChI is InChI=1S/C24H22/c1-15-8-7-9-16(2)24(15)19-12-13-22-17(3)20-10-5-6-11-21(20)18(4)23(22)14-19/h5-14H,1-4H3. The Balaban J connectivity index is 2.09. The Morgan fingerprint density at radius 1 is 0.500 bits per heavy atom. The third kappa shape index (κ3) is 2.14. The molecule has 118 valence electrons. The number of rotatable bonds is 1. The van der Waals surface area contributed by atoms with Gasteiger partial charge in [-0.3, -0.25) is 0 Å². The maximum Gasteiger partial charge on any atom is -0.0125 e. The zero-order chi connectivity index (χ0) is 16.8. The summed E-state index contributed by atoms with van der Waals surface area (Å²) >= 11 is 0. The van der Waals surface area contributed by atoms with Crippen LogP contribution >= 0.6 is 0 Å². The molecule has 0 amide bonds. The first-order valence-electron chi connectivity index (χ1n) is 8.56. The molecule has 0 saturated heterocycles. The number of benzene rings is 4. The van der Waals surface area contributed by atoms with E-state index in [4.69, 9.17) is 0 Å². The average molecular weight is 310 g/mol. The minimum absolute atomic E-state index is 1.32. The maximum absolute atomic E-state index is 2.37. The molecule has 0 radical (unpaired) electrons. The van der Waals surface area contributed by atoms with Gasteiger partial charge < -0.3 is 0 Å². The fourth-order valence-electron chi connectivity index (χ4n) is 4.03. The molecule has 0 heteroatoms. The summed E-state index contributed by atoms with van der Waals surface area (Å²) in [4.78, 5) is 0. The molecule has 0 aliphatic rings. The van der Waals surface area contributed by atoms with E-state index in [0.29, 0.717) is 0 Å². The normalized spacial score (nSPS) is 11.3. The minimum atomic E-state index is 1.32. The van der Waals surface area contributed by atoms with Crippen molar-refractivity contribution in [2.45, 2.75) is 27.7 Å². The third-order valence-corrected chi connectivity index (χ3v) is 5.33. The second kappa shape index (κ2) is 5.49. The van der Waals surface area contributed by atoms with Crippen molar-refractivity contribution in [3.05, 3.63) is 82.9 Å². The van der Waals surface area contributed by atoms with Crippen molar-refractivity contribution < 1.29 is 0 Å². The highest BCUT2D eigenvalue weighted by Crippen LogP contribution is 2.36. The van der Waals surface area contributed by atoms with Crippen LogP contribution in [0, 0.1) is 27.7 Å². The van der Waals surface area contributed by atoms with Crippen molar-refractivity contribution in [3.8, 4) is 11.1 Å². The summed E-state index contributed by atoms with van der Waals surface area (Å²) in [6.07, 6.45) is 0. The second-order valence-electron chi connectivity index (χ2n) is 6.82. The lowest BCUT2D eigenvalue weighted by molar-refractivity contribution is 1.38. The van der Waals surface area contributed by atoms with Gasteiger partial charge in [-0.15, -0.1) is 0 Å².